The van der Waals surface area contributed by atoms with Gasteiger partial charge in [0.05, 0.1) is 37.8 Å². The van der Waals surface area contributed by atoms with Crippen LogP contribution in [0.1, 0.15) is 17.9 Å². The number of nitrogens with one attached hydrogen (secondary N) is 1. The van der Waals surface area contributed by atoms with Crippen LogP contribution in [0, 0.1) is 5.92 Å². The van der Waals surface area contributed by atoms with Gasteiger partial charge in [0.1, 0.15) is 0 Å². The summed E-state index contributed by atoms with van der Waals surface area (Å²) in [6.45, 7) is 6.31. The molecule has 1 N–H and O–H groups in total. The van der Waals surface area contributed by atoms with E-state index in [1.54, 1.807) is 0 Å². The first-order valence-corrected chi connectivity index (χ1v) is 11.4. The second-order valence-electron chi connectivity index (χ2n) is 8.36. The molecule has 2 aromatic carbocycles. The maximum Gasteiger partial charge on any atom is 0.228 e. The van der Waals surface area contributed by atoms with Gasteiger partial charge in [0.15, 0.2) is 0 Å². The molecule has 2 saturated heterocycles. The number of carbonyl (C=O) groups is 1. The van der Waals surface area contributed by atoms with Crippen molar-refractivity contribution in [2.45, 2.75) is 12.3 Å². The Balaban J connectivity index is 1.35. The van der Waals surface area contributed by atoms with E-state index in [4.69, 9.17) is 21.1 Å². The van der Waals surface area contributed by atoms with Crippen LogP contribution in [0.4, 0.5) is 17.1 Å². The molecule has 0 radical (unpaired) electrons. The van der Waals surface area contributed by atoms with E-state index >= 15 is 0 Å². The summed E-state index contributed by atoms with van der Waals surface area (Å²) in [4.78, 5) is 17.7. The molecule has 1 saturated carbocycles. The molecule has 1 aliphatic carbocycles. The van der Waals surface area contributed by atoms with Gasteiger partial charge in [-0.15, -0.1) is 0 Å². The van der Waals surface area contributed by atoms with Crippen molar-refractivity contribution in [3.8, 4) is 0 Å². The lowest BCUT2D eigenvalue weighted by atomic mass is 10.1. The average molecular weight is 442 g/mol. The Morgan fingerprint density at radius 3 is 2.32 bits per heavy atom. The largest absolute Gasteiger partial charge is 0.378 e. The maximum atomic E-state index is 13.1. The molecule has 3 fully saturated rings. The van der Waals surface area contributed by atoms with Crippen molar-refractivity contribution < 1.29 is 14.3 Å². The number of carbonyl (C=O) groups excluding carboxylic acids is 1. The Hall–Kier alpha value is -2.28. The third-order valence-corrected chi connectivity index (χ3v) is 6.74. The van der Waals surface area contributed by atoms with Gasteiger partial charge < -0.3 is 24.6 Å². The van der Waals surface area contributed by atoms with Gasteiger partial charge in [-0.05, 0) is 42.2 Å². The lowest BCUT2D eigenvalue weighted by Crippen LogP contribution is -2.38. The molecule has 2 atom stereocenters. The third-order valence-electron chi connectivity index (χ3n) is 6.40. The quantitative estimate of drug-likeness (QED) is 0.765. The molecule has 2 aromatic rings. The zero-order valence-electron chi connectivity index (χ0n) is 17.6. The van der Waals surface area contributed by atoms with E-state index in [1.165, 1.54) is 5.69 Å². The Morgan fingerprint density at radius 2 is 1.61 bits per heavy atom. The van der Waals surface area contributed by atoms with Crippen LogP contribution in [0.5, 0.6) is 0 Å². The molecule has 7 heteroatoms. The molecule has 0 aromatic heterocycles. The van der Waals surface area contributed by atoms with E-state index in [0.29, 0.717) is 13.2 Å². The molecular formula is C24H28ClN3O3. The first-order valence-electron chi connectivity index (χ1n) is 11.1. The molecule has 0 bridgehead atoms. The van der Waals surface area contributed by atoms with E-state index in [9.17, 15) is 4.79 Å². The molecule has 5 rings (SSSR count). The Kier molecular flexibility index (Phi) is 6.03. The van der Waals surface area contributed by atoms with Gasteiger partial charge >= 0.3 is 0 Å². The van der Waals surface area contributed by atoms with Gasteiger partial charge in [-0.3, -0.25) is 4.79 Å². The van der Waals surface area contributed by atoms with Crippen molar-refractivity contribution in [3.05, 3.63) is 53.1 Å². The summed E-state index contributed by atoms with van der Waals surface area (Å²) in [6, 6.07) is 14.2. The van der Waals surface area contributed by atoms with E-state index in [0.717, 1.165) is 67.8 Å². The number of morpholine rings is 2. The van der Waals surface area contributed by atoms with Crippen LogP contribution in [-0.2, 0) is 14.3 Å². The fourth-order valence-corrected chi connectivity index (χ4v) is 4.82. The number of nitrogens with zero attached hydrogens (tertiary/aromatic N) is 2. The zero-order chi connectivity index (χ0) is 21.2. The summed E-state index contributed by atoms with van der Waals surface area (Å²) in [7, 11) is 0. The smallest absolute Gasteiger partial charge is 0.228 e. The standard InChI is InChI=1S/C24H28ClN3O3/c25-21-4-2-1-3-18(21)19-16-20(19)24(29)26-22-6-5-17(27-7-11-30-12-8-27)15-23(22)28-9-13-31-14-10-28/h1-6,15,19-20H,7-14,16H2,(H,26,29). The summed E-state index contributed by atoms with van der Waals surface area (Å²) in [5.41, 5.74) is 4.17. The minimum absolute atomic E-state index is 0.0311. The van der Waals surface area contributed by atoms with Gasteiger partial charge in [0.25, 0.3) is 0 Å². The van der Waals surface area contributed by atoms with E-state index in [2.05, 4.69) is 27.2 Å². The van der Waals surface area contributed by atoms with E-state index in [-0.39, 0.29) is 17.7 Å². The van der Waals surface area contributed by atoms with Crippen LogP contribution < -0.4 is 15.1 Å². The molecule has 6 nitrogen and oxygen atoms in total. The van der Waals surface area contributed by atoms with Crippen LogP contribution in [0.25, 0.3) is 0 Å². The topological polar surface area (TPSA) is 54.0 Å². The number of benzene rings is 2. The summed E-state index contributed by atoms with van der Waals surface area (Å²) in [5, 5.41) is 3.95. The predicted molar refractivity (Wildman–Crippen MR) is 123 cm³/mol. The second-order valence-corrected chi connectivity index (χ2v) is 8.77. The molecule has 0 spiro atoms. The maximum absolute atomic E-state index is 13.1. The van der Waals surface area contributed by atoms with Crippen molar-refractivity contribution >= 4 is 34.6 Å². The molecular weight excluding hydrogens is 414 g/mol. The molecule has 3 aliphatic rings. The number of halogens is 1. The van der Waals surface area contributed by atoms with Crippen LogP contribution in [-0.4, -0.2) is 58.5 Å². The van der Waals surface area contributed by atoms with Crippen molar-refractivity contribution in [1.29, 1.82) is 0 Å². The first-order chi connectivity index (χ1) is 15.2. The van der Waals surface area contributed by atoms with Gasteiger partial charge in [0, 0.05) is 42.8 Å². The average Bonchev–Trinajstić information content (AvgIpc) is 3.62. The lowest BCUT2D eigenvalue weighted by Gasteiger charge is -2.33. The second kappa shape index (κ2) is 9.07. The van der Waals surface area contributed by atoms with Crippen molar-refractivity contribution in [2.24, 2.45) is 5.92 Å². The monoisotopic (exact) mass is 441 g/mol. The highest BCUT2D eigenvalue weighted by Gasteiger charge is 2.45. The van der Waals surface area contributed by atoms with Crippen LogP contribution in [0.3, 0.4) is 0 Å². The SMILES string of the molecule is O=C(Nc1ccc(N2CCOCC2)cc1N1CCOCC1)C1CC1c1ccccc1Cl. The number of hydrogen-bond donors (Lipinski definition) is 1. The predicted octanol–water partition coefficient (Wildman–Crippen LogP) is 3.76. The molecule has 2 heterocycles. The van der Waals surface area contributed by atoms with Crippen molar-refractivity contribution in [2.75, 3.05) is 67.7 Å². The van der Waals surface area contributed by atoms with Gasteiger partial charge in [-0.25, -0.2) is 0 Å². The molecule has 2 aliphatic heterocycles. The normalized spacial score (nSPS) is 23.5. The number of hydrogen-bond acceptors (Lipinski definition) is 5. The Morgan fingerprint density at radius 1 is 0.935 bits per heavy atom. The number of ether oxygens (including phenoxy) is 2. The summed E-state index contributed by atoms with van der Waals surface area (Å²) >= 11 is 6.34. The highest BCUT2D eigenvalue weighted by Crippen LogP contribution is 2.50. The number of anilines is 3. The highest BCUT2D eigenvalue weighted by molar-refractivity contribution is 6.31. The molecule has 1 amide bonds. The van der Waals surface area contributed by atoms with Crippen LogP contribution in [0.15, 0.2) is 42.5 Å². The number of amides is 1. The first kappa shape index (κ1) is 20.6. The fraction of sp³-hybridized carbons (Fsp3) is 0.458. The van der Waals surface area contributed by atoms with Crippen molar-refractivity contribution in [3.63, 3.8) is 0 Å². The lowest BCUT2D eigenvalue weighted by molar-refractivity contribution is -0.117. The molecule has 164 valence electrons. The van der Waals surface area contributed by atoms with Crippen LogP contribution >= 0.6 is 11.6 Å². The van der Waals surface area contributed by atoms with Gasteiger partial charge in [0.2, 0.25) is 5.91 Å². The summed E-state index contributed by atoms with van der Waals surface area (Å²) in [5.74, 6) is 0.239. The molecule has 31 heavy (non-hydrogen) atoms. The minimum atomic E-state index is -0.0311. The van der Waals surface area contributed by atoms with Gasteiger partial charge in [-0.1, -0.05) is 29.8 Å². The highest BCUT2D eigenvalue weighted by atomic mass is 35.5. The Labute approximate surface area is 188 Å². The Bertz CT molecular complexity index is 941. The van der Waals surface area contributed by atoms with Gasteiger partial charge in [-0.2, -0.15) is 0 Å². The minimum Gasteiger partial charge on any atom is -0.378 e. The fourth-order valence-electron chi connectivity index (χ4n) is 4.54. The van der Waals surface area contributed by atoms with Crippen LogP contribution in [0.2, 0.25) is 5.02 Å². The third kappa shape index (κ3) is 4.52. The summed E-state index contributed by atoms with van der Waals surface area (Å²) < 4.78 is 11.0. The van der Waals surface area contributed by atoms with E-state index in [1.807, 2.05) is 30.3 Å². The zero-order valence-corrected chi connectivity index (χ0v) is 18.3. The van der Waals surface area contributed by atoms with E-state index < -0.39 is 0 Å². The summed E-state index contributed by atoms with van der Waals surface area (Å²) in [6.07, 6.45) is 0.842. The molecule has 2 unspecified atom stereocenters. The number of rotatable bonds is 5. The van der Waals surface area contributed by atoms with Crippen molar-refractivity contribution in [1.82, 2.24) is 0 Å².